The molecule has 552 valence electrons. The van der Waals surface area contributed by atoms with E-state index in [9.17, 15) is 66.6 Å². The number of hydrogen-bond acceptors (Lipinski definition) is 18. The molecule has 1 aliphatic heterocycles. The highest BCUT2D eigenvalue weighted by atomic mass is 32.2. The van der Waals surface area contributed by atoms with Crippen LogP contribution in [0.1, 0.15) is 278 Å². The average Bonchev–Trinajstić information content (AvgIpc) is 1.80. The number of primary amides is 1. The first kappa shape index (κ1) is 86.3. The van der Waals surface area contributed by atoms with Crippen LogP contribution in [0.25, 0.3) is 0 Å². The Balaban J connectivity index is 0.0000470. The lowest BCUT2D eigenvalue weighted by atomic mass is 9.85. The summed E-state index contributed by atoms with van der Waals surface area (Å²) < 4.78 is 36.0. The lowest BCUT2D eigenvalue weighted by molar-refractivity contribution is -0.143. The van der Waals surface area contributed by atoms with E-state index in [0.29, 0.717) is 45.3 Å². The van der Waals surface area contributed by atoms with Crippen molar-refractivity contribution in [2.24, 2.45) is 17.1 Å². The first-order valence-corrected chi connectivity index (χ1v) is 38.0. The van der Waals surface area contributed by atoms with E-state index in [1.54, 1.807) is 0 Å². The van der Waals surface area contributed by atoms with Crippen molar-refractivity contribution in [1.82, 2.24) is 46.8 Å². The number of carboxylic acid groups (broad SMARTS) is 2. The molecule has 2 rings (SSSR count). The Kier molecular flexibility index (Phi) is 47.8. The number of aromatic amines is 1. The van der Waals surface area contributed by atoms with Gasteiger partial charge in [-0.1, -0.05) is 148 Å². The van der Waals surface area contributed by atoms with Crippen molar-refractivity contribution in [1.29, 1.82) is 0 Å². The molecule has 27 heteroatoms. The Labute approximate surface area is 573 Å². The molecular weight excluding hydrogens is 1260 g/mol. The van der Waals surface area contributed by atoms with E-state index in [-0.39, 0.29) is 138 Å². The summed E-state index contributed by atoms with van der Waals surface area (Å²) >= 11 is 0. The molecule has 0 bridgehead atoms. The summed E-state index contributed by atoms with van der Waals surface area (Å²) in [5.41, 5.74) is 5.23. The normalized spacial score (nSPS) is 14.4. The van der Waals surface area contributed by atoms with Gasteiger partial charge >= 0.3 is 11.9 Å². The number of rotatable bonds is 64. The van der Waals surface area contributed by atoms with E-state index in [4.69, 9.17) is 15.2 Å². The minimum absolute atomic E-state index is 0. The van der Waals surface area contributed by atoms with E-state index in [1.165, 1.54) is 51.4 Å². The maximum atomic E-state index is 12.7. The molecule has 0 aromatic carbocycles. The fourth-order valence-electron chi connectivity index (χ4n) is 11.7. The number of carboxylic acids is 2. The number of ketones is 3. The number of Topliss-reactive ketones (excluding diaryl/α,β-unsaturated/α-hetero) is 3. The predicted octanol–water partition coefficient (Wildman–Crippen LogP) is 8.56. The zero-order valence-electron chi connectivity index (χ0n) is 58.5. The minimum atomic E-state index is -3.56. The van der Waals surface area contributed by atoms with Crippen molar-refractivity contribution in [3.05, 3.63) is 5.82 Å². The third-order valence-corrected chi connectivity index (χ3v) is 19.2. The maximum absolute atomic E-state index is 12.7. The van der Waals surface area contributed by atoms with Crippen LogP contribution in [0.3, 0.4) is 0 Å². The Bertz CT molecular complexity index is 2510. The largest absolute Gasteiger partial charge is 0.480 e. The number of hydrogen-bond donors (Lipinski definition) is 8. The number of tetrazole rings is 1. The van der Waals surface area contributed by atoms with Gasteiger partial charge in [-0.2, -0.15) is 5.21 Å². The van der Waals surface area contributed by atoms with Crippen molar-refractivity contribution < 1.29 is 77.5 Å². The highest BCUT2D eigenvalue weighted by Crippen LogP contribution is 2.26. The fraction of sp³-hybridized carbons (Fsp3) is 0.841. The van der Waals surface area contributed by atoms with Crippen molar-refractivity contribution in [3.8, 4) is 0 Å². The van der Waals surface area contributed by atoms with Gasteiger partial charge in [-0.3, -0.25) is 43.3 Å². The van der Waals surface area contributed by atoms with Gasteiger partial charge in [0.25, 0.3) is 0 Å². The smallest absolute Gasteiger partial charge is 0.326 e. The molecule has 2 heterocycles. The minimum Gasteiger partial charge on any atom is -0.480 e. The van der Waals surface area contributed by atoms with Gasteiger partial charge in [-0.15, -0.1) is 10.2 Å². The van der Waals surface area contributed by atoms with Crippen LogP contribution in [0.4, 0.5) is 0 Å². The number of amides is 5. The van der Waals surface area contributed by atoms with E-state index < -0.39 is 56.8 Å². The van der Waals surface area contributed by atoms with Gasteiger partial charge in [0.15, 0.2) is 15.7 Å². The predicted molar refractivity (Wildman–Crippen MR) is 368 cm³/mol. The van der Waals surface area contributed by atoms with Crippen LogP contribution >= 0.6 is 0 Å². The molecule has 9 N–H and O–H groups in total. The Morgan fingerprint density at radius 3 is 1.66 bits per heavy atom. The van der Waals surface area contributed by atoms with Crippen LogP contribution in [0, 0.1) is 11.3 Å². The highest BCUT2D eigenvalue weighted by Gasteiger charge is 2.32. The summed E-state index contributed by atoms with van der Waals surface area (Å²) in [5, 5.41) is 43.9. The van der Waals surface area contributed by atoms with E-state index in [2.05, 4.69) is 46.8 Å². The number of unbranched alkanes of at least 4 members (excludes halogenated alkanes) is 21. The molecule has 0 spiro atoms. The summed E-state index contributed by atoms with van der Waals surface area (Å²) in [6.45, 7) is 8.70. The molecule has 4 atom stereocenters. The average molecular weight is 1380 g/mol. The third-order valence-electron chi connectivity index (χ3n) is 17.5. The second-order valence-corrected chi connectivity index (χ2v) is 29.4. The molecule has 1 fully saturated rings. The molecule has 0 saturated carbocycles. The third kappa shape index (κ3) is 46.4. The van der Waals surface area contributed by atoms with Gasteiger partial charge in [0, 0.05) is 84.4 Å². The number of H-pyrrole nitrogens is 1. The van der Waals surface area contributed by atoms with Crippen LogP contribution in [0.5, 0.6) is 0 Å². The number of aryl methyl sites for hydroxylation is 1. The molecule has 26 nitrogen and oxygen atoms in total. The highest BCUT2D eigenvalue weighted by molar-refractivity contribution is 7.92. The van der Waals surface area contributed by atoms with E-state index >= 15 is 0 Å². The second kappa shape index (κ2) is 53.2. The molecule has 1 aliphatic rings. The topological polar surface area (TPSA) is 396 Å². The standard InChI is InChI=1S/C69H122N10O16S.H2/c1-69(2,3)60(82)42-38-54(51-79-46-28-34-59(79)66(70)87)31-25-27-45-72-65(86)52-95-49-48-94-47-29-33-55(80)39-40-57(67(88)89)74-64(85)43-41-58(68(90)91)73-63(84)36-24-20-16-12-9-13-17-21-26-44-71-62(83)37-30-50-96(92,93)53-56(81)32-22-18-14-10-7-5-4-6-8-11-15-19-23-35-61-75-77-78-76-61;/h54,57-59H,4-53H2,1-3H3,(H2,70,87)(H,71,83)(H,72,86)(H,73,84)(H,74,85)(H,88,89)(H,90,91)(H,75,76,77,78);1H/t54-,57?,58?,59+;/m1./s1. The number of likely N-dealkylation sites (tertiary alicyclic amines) is 1. The second-order valence-electron chi connectivity index (χ2n) is 27.2. The van der Waals surface area contributed by atoms with Crippen LogP contribution in [0.15, 0.2) is 0 Å². The molecule has 5 amide bonds. The van der Waals surface area contributed by atoms with Gasteiger partial charge in [-0.25, -0.2) is 18.0 Å². The van der Waals surface area contributed by atoms with Crippen LogP contribution in [0.2, 0.25) is 0 Å². The van der Waals surface area contributed by atoms with Gasteiger partial charge < -0.3 is 46.7 Å². The lowest BCUT2D eigenvalue weighted by Crippen LogP contribution is -2.44. The summed E-state index contributed by atoms with van der Waals surface area (Å²) in [6.07, 6.45) is 29.2. The lowest BCUT2D eigenvalue weighted by Gasteiger charge is -2.28. The van der Waals surface area contributed by atoms with Crippen LogP contribution in [-0.4, -0.2) is 185 Å². The SMILES string of the molecule is CC(C)(C)C(=O)CC[C@@H](CCCCNC(=O)COCCOCCCC(=O)CCC(NC(=O)CCC(NC(=O)CCCCCCCCCCCNC(=O)CCCS(=O)(=O)CC(=O)CCCCCCCCCCCCCCCc1nn[nH]n1)C(=O)O)C(=O)O)CN1CCC[C@H]1C(N)=O.[HH]. The summed E-state index contributed by atoms with van der Waals surface area (Å²) in [5.74, 6) is -4.54. The number of nitrogens with zero attached hydrogens (tertiary/aromatic N) is 4. The molecule has 2 unspecified atom stereocenters. The quantitative estimate of drug-likeness (QED) is 0.0283. The first-order chi connectivity index (χ1) is 45.9. The number of ether oxygens (including phenoxy) is 2. The zero-order valence-corrected chi connectivity index (χ0v) is 59.4. The van der Waals surface area contributed by atoms with Crippen molar-refractivity contribution in [2.45, 2.75) is 296 Å². The summed E-state index contributed by atoms with van der Waals surface area (Å²) in [4.78, 5) is 125. The molecular formula is C69H124N10O16S. The monoisotopic (exact) mass is 1380 g/mol. The Hall–Kier alpha value is -5.80. The number of sulfone groups is 1. The molecule has 1 aromatic heterocycles. The van der Waals surface area contributed by atoms with Crippen molar-refractivity contribution in [3.63, 3.8) is 0 Å². The Morgan fingerprint density at radius 2 is 1.08 bits per heavy atom. The number of aliphatic carboxylic acids is 2. The van der Waals surface area contributed by atoms with Crippen molar-refractivity contribution in [2.75, 3.05) is 64.1 Å². The number of nitrogens with one attached hydrogen (secondary N) is 5. The molecule has 0 aliphatic carbocycles. The van der Waals surface area contributed by atoms with E-state index in [1.807, 2.05) is 20.8 Å². The van der Waals surface area contributed by atoms with Gasteiger partial charge in [0.2, 0.25) is 29.5 Å². The molecule has 0 radical (unpaired) electrons. The fourth-order valence-corrected chi connectivity index (χ4v) is 13.1. The summed E-state index contributed by atoms with van der Waals surface area (Å²) in [6, 6.07) is -2.99. The van der Waals surface area contributed by atoms with Crippen molar-refractivity contribution >= 4 is 68.7 Å². The van der Waals surface area contributed by atoms with E-state index in [0.717, 1.165) is 134 Å². The van der Waals surface area contributed by atoms with Gasteiger partial charge in [0.1, 0.15) is 41.8 Å². The number of aromatic nitrogens is 4. The summed E-state index contributed by atoms with van der Waals surface area (Å²) in [7, 11) is -3.56. The Morgan fingerprint density at radius 1 is 0.573 bits per heavy atom. The van der Waals surface area contributed by atoms with Gasteiger partial charge in [0.05, 0.1) is 25.0 Å². The molecule has 1 saturated heterocycles. The number of carbonyl (C=O) groups excluding carboxylic acids is 8. The first-order valence-electron chi connectivity index (χ1n) is 36.2. The molecule has 1 aromatic rings. The zero-order chi connectivity index (χ0) is 70.7. The molecule has 96 heavy (non-hydrogen) atoms. The van der Waals surface area contributed by atoms with Gasteiger partial charge in [-0.05, 0) is 95.9 Å². The van der Waals surface area contributed by atoms with Crippen LogP contribution < -0.4 is 27.0 Å². The van der Waals surface area contributed by atoms with Crippen LogP contribution in [-0.2, 0) is 73.7 Å². The number of carbonyl (C=O) groups is 10. The maximum Gasteiger partial charge on any atom is 0.326 e. The number of nitrogens with two attached hydrogens (primary N) is 1.